The molecule has 0 unspecified atom stereocenters. The van der Waals surface area contributed by atoms with Gasteiger partial charge in [-0.25, -0.2) is 0 Å². The standard InChI is InChI=1S/C20H24N2.C4H10.C2H6/c1-13(2)15-11-16-14-7-5-6-8-17(14)20(3,4)18(16)12-19(15)22-10-9-21;1-3-4-2;1-2/h5-13,22H,21H2,1-4H3;3-4H2,1-2H3;1-2H3/b10-9-;;. The first-order valence-electron chi connectivity index (χ1n) is 10.8. The normalized spacial score (nSPS) is 13.2. The molecule has 0 spiro atoms. The third-order valence-corrected chi connectivity index (χ3v) is 5.21. The highest BCUT2D eigenvalue weighted by molar-refractivity contribution is 5.83. The molecule has 28 heavy (non-hydrogen) atoms. The molecule has 1 aliphatic carbocycles. The van der Waals surface area contributed by atoms with E-state index in [-0.39, 0.29) is 5.41 Å². The number of benzene rings is 2. The van der Waals surface area contributed by atoms with Gasteiger partial charge in [0.1, 0.15) is 0 Å². The van der Waals surface area contributed by atoms with Crippen LogP contribution in [-0.4, -0.2) is 0 Å². The fourth-order valence-electron chi connectivity index (χ4n) is 3.50. The van der Waals surface area contributed by atoms with Gasteiger partial charge in [0.25, 0.3) is 0 Å². The number of fused-ring (bicyclic) bond motifs is 3. The molecule has 0 bridgehead atoms. The highest BCUT2D eigenvalue weighted by Crippen LogP contribution is 2.50. The Morgan fingerprint density at radius 3 is 2.11 bits per heavy atom. The Morgan fingerprint density at radius 1 is 0.964 bits per heavy atom. The molecule has 3 rings (SSSR count). The lowest BCUT2D eigenvalue weighted by Gasteiger charge is -2.23. The monoisotopic (exact) mass is 380 g/mol. The van der Waals surface area contributed by atoms with Gasteiger partial charge in [-0.3, -0.25) is 0 Å². The molecule has 3 N–H and O–H groups in total. The van der Waals surface area contributed by atoms with E-state index in [9.17, 15) is 0 Å². The maximum atomic E-state index is 5.49. The van der Waals surface area contributed by atoms with Gasteiger partial charge in [0, 0.05) is 23.5 Å². The van der Waals surface area contributed by atoms with E-state index in [1.807, 2.05) is 13.8 Å². The van der Waals surface area contributed by atoms with Gasteiger partial charge >= 0.3 is 0 Å². The fraction of sp³-hybridized carbons (Fsp3) is 0.462. The lowest BCUT2D eigenvalue weighted by atomic mass is 9.81. The Labute approximate surface area is 173 Å². The molecule has 2 nitrogen and oxygen atoms in total. The second-order valence-corrected chi connectivity index (χ2v) is 7.81. The van der Waals surface area contributed by atoms with Gasteiger partial charge in [0.15, 0.2) is 0 Å². The summed E-state index contributed by atoms with van der Waals surface area (Å²) in [7, 11) is 0. The molecule has 2 aromatic rings. The minimum Gasteiger partial charge on any atom is -0.403 e. The SMILES string of the molecule is CC.CC(C)c1cc2c(cc1N/C=C\N)C(C)(C)c1ccccc1-2.CCCC. The second-order valence-electron chi connectivity index (χ2n) is 7.81. The highest BCUT2D eigenvalue weighted by Gasteiger charge is 2.35. The summed E-state index contributed by atoms with van der Waals surface area (Å²) in [4.78, 5) is 0. The summed E-state index contributed by atoms with van der Waals surface area (Å²) < 4.78 is 0. The van der Waals surface area contributed by atoms with Gasteiger partial charge in [0.2, 0.25) is 0 Å². The van der Waals surface area contributed by atoms with Gasteiger partial charge in [-0.2, -0.15) is 0 Å². The van der Waals surface area contributed by atoms with Crippen LogP contribution >= 0.6 is 0 Å². The zero-order valence-electron chi connectivity index (χ0n) is 19.2. The van der Waals surface area contributed by atoms with Crippen LogP contribution in [0.25, 0.3) is 11.1 Å². The average Bonchev–Trinajstić information content (AvgIpc) is 2.94. The Morgan fingerprint density at radius 2 is 1.57 bits per heavy atom. The van der Waals surface area contributed by atoms with Crippen molar-refractivity contribution in [2.24, 2.45) is 5.73 Å². The van der Waals surface area contributed by atoms with Crippen molar-refractivity contribution in [2.75, 3.05) is 5.32 Å². The van der Waals surface area contributed by atoms with Crippen molar-refractivity contribution in [3.05, 3.63) is 65.5 Å². The molecular weight excluding hydrogens is 340 g/mol. The molecule has 0 aliphatic heterocycles. The summed E-state index contributed by atoms with van der Waals surface area (Å²) >= 11 is 0. The third-order valence-electron chi connectivity index (χ3n) is 5.21. The van der Waals surface area contributed by atoms with E-state index in [2.05, 4.69) is 83.3 Å². The van der Waals surface area contributed by atoms with Crippen LogP contribution in [0.1, 0.15) is 90.8 Å². The maximum absolute atomic E-state index is 5.49. The molecule has 1 aliphatic rings. The second kappa shape index (κ2) is 10.9. The van der Waals surface area contributed by atoms with Gasteiger partial charge in [0.05, 0.1) is 0 Å². The lowest BCUT2D eigenvalue weighted by Crippen LogP contribution is -2.15. The van der Waals surface area contributed by atoms with E-state index < -0.39 is 0 Å². The van der Waals surface area contributed by atoms with Crippen molar-refractivity contribution >= 4 is 5.69 Å². The maximum Gasteiger partial charge on any atom is 0.0418 e. The van der Waals surface area contributed by atoms with E-state index in [0.29, 0.717) is 5.92 Å². The summed E-state index contributed by atoms with van der Waals surface area (Å²) in [5.74, 6) is 0.454. The molecule has 0 heterocycles. The van der Waals surface area contributed by atoms with Crippen molar-refractivity contribution < 1.29 is 0 Å². The van der Waals surface area contributed by atoms with Crippen molar-refractivity contribution in [1.29, 1.82) is 0 Å². The molecule has 2 aromatic carbocycles. The molecular formula is C26H40N2. The van der Waals surface area contributed by atoms with Crippen LogP contribution in [0.4, 0.5) is 5.69 Å². The number of nitrogens with one attached hydrogen (secondary N) is 1. The summed E-state index contributed by atoms with van der Waals surface area (Å²) in [5.41, 5.74) is 13.5. The van der Waals surface area contributed by atoms with Crippen LogP contribution in [-0.2, 0) is 5.41 Å². The van der Waals surface area contributed by atoms with Crippen molar-refractivity contribution in [1.82, 2.24) is 0 Å². The van der Waals surface area contributed by atoms with Crippen molar-refractivity contribution in [3.63, 3.8) is 0 Å². The van der Waals surface area contributed by atoms with Crippen molar-refractivity contribution in [3.8, 4) is 11.1 Å². The number of hydrogen-bond acceptors (Lipinski definition) is 2. The molecule has 0 fully saturated rings. The largest absolute Gasteiger partial charge is 0.403 e. The summed E-state index contributed by atoms with van der Waals surface area (Å²) in [5, 5.41) is 3.33. The van der Waals surface area contributed by atoms with Gasteiger partial charge in [-0.15, -0.1) is 0 Å². The van der Waals surface area contributed by atoms with Crippen LogP contribution in [0.2, 0.25) is 0 Å². The number of rotatable bonds is 4. The number of hydrogen-bond donors (Lipinski definition) is 2. The van der Waals surface area contributed by atoms with Crippen LogP contribution in [0.15, 0.2) is 48.8 Å². The zero-order valence-corrected chi connectivity index (χ0v) is 19.2. The topological polar surface area (TPSA) is 38.0 Å². The van der Waals surface area contributed by atoms with Crippen molar-refractivity contribution in [2.45, 2.75) is 79.6 Å². The Balaban J connectivity index is 0.000000583. The average molecular weight is 381 g/mol. The van der Waals surface area contributed by atoms with E-state index in [0.717, 1.165) is 5.69 Å². The molecule has 154 valence electrons. The van der Waals surface area contributed by atoms with Gasteiger partial charge in [-0.1, -0.05) is 92.5 Å². The summed E-state index contributed by atoms with van der Waals surface area (Å²) in [6, 6.07) is 13.4. The predicted octanol–water partition coefficient (Wildman–Crippen LogP) is 7.79. The van der Waals surface area contributed by atoms with Crippen LogP contribution in [0.5, 0.6) is 0 Å². The van der Waals surface area contributed by atoms with E-state index in [4.69, 9.17) is 5.73 Å². The summed E-state index contributed by atoms with van der Waals surface area (Å²) in [6.07, 6.45) is 5.97. The molecule has 0 radical (unpaired) electrons. The lowest BCUT2D eigenvalue weighted by molar-refractivity contribution is 0.660. The first-order valence-corrected chi connectivity index (χ1v) is 10.8. The van der Waals surface area contributed by atoms with Crippen LogP contribution in [0.3, 0.4) is 0 Å². The highest BCUT2D eigenvalue weighted by atomic mass is 14.9. The third kappa shape index (κ3) is 4.98. The van der Waals surface area contributed by atoms with Crippen LogP contribution in [0, 0.1) is 0 Å². The smallest absolute Gasteiger partial charge is 0.0418 e. The minimum absolute atomic E-state index is 0.0320. The summed E-state index contributed by atoms with van der Waals surface area (Å²) in [6.45, 7) is 17.4. The van der Waals surface area contributed by atoms with Gasteiger partial charge < -0.3 is 11.1 Å². The quantitative estimate of drug-likeness (QED) is 0.568. The Hall–Kier alpha value is -2.22. The molecule has 0 saturated heterocycles. The molecule has 2 heteroatoms. The number of nitrogens with two attached hydrogens (primary N) is 1. The number of anilines is 1. The van der Waals surface area contributed by atoms with E-state index >= 15 is 0 Å². The molecule has 0 aromatic heterocycles. The first-order chi connectivity index (χ1) is 13.4. The van der Waals surface area contributed by atoms with Crippen LogP contribution < -0.4 is 11.1 Å². The predicted molar refractivity (Wildman–Crippen MR) is 127 cm³/mol. The number of unbranched alkanes of at least 4 members (excludes halogenated alkanes) is 1. The fourth-order valence-corrected chi connectivity index (χ4v) is 3.50. The molecule has 0 amide bonds. The molecule has 0 atom stereocenters. The Bertz CT molecular complexity index is 768. The first kappa shape index (κ1) is 23.8. The minimum atomic E-state index is 0.0320. The zero-order chi connectivity index (χ0) is 21.3. The van der Waals surface area contributed by atoms with Gasteiger partial charge in [-0.05, 0) is 45.9 Å². The molecule has 0 saturated carbocycles. The van der Waals surface area contributed by atoms with E-state index in [1.165, 1.54) is 46.9 Å². The van der Waals surface area contributed by atoms with E-state index in [1.54, 1.807) is 6.20 Å². The Kier molecular flexibility index (Phi) is 9.31.